The lowest BCUT2D eigenvalue weighted by Crippen LogP contribution is -2.31. The van der Waals surface area contributed by atoms with E-state index in [9.17, 15) is 5.11 Å². The highest BCUT2D eigenvalue weighted by Crippen LogP contribution is 2.30. The van der Waals surface area contributed by atoms with Gasteiger partial charge in [0.25, 0.3) is 0 Å². The van der Waals surface area contributed by atoms with E-state index in [4.69, 9.17) is 5.11 Å². The zero-order valence-corrected chi connectivity index (χ0v) is 8.69. The Kier molecular flexibility index (Phi) is 3.36. The lowest BCUT2D eigenvalue weighted by molar-refractivity contribution is 0.0919. The molecule has 0 bridgehead atoms. The summed E-state index contributed by atoms with van der Waals surface area (Å²) < 4.78 is 0. The van der Waals surface area contributed by atoms with Crippen LogP contribution in [0.4, 0.5) is 0 Å². The fourth-order valence-electron chi connectivity index (χ4n) is 2.11. The molecule has 3 nitrogen and oxygen atoms in total. The predicted molar refractivity (Wildman–Crippen MR) is 58.6 cm³/mol. The number of aryl methyl sites for hydroxylation is 1. The van der Waals surface area contributed by atoms with Crippen molar-refractivity contribution in [3.8, 4) is 0 Å². The van der Waals surface area contributed by atoms with Crippen LogP contribution >= 0.6 is 0 Å². The molecule has 0 spiro atoms. The topological polar surface area (TPSA) is 52.5 Å². The van der Waals surface area contributed by atoms with Crippen LogP contribution in [0.5, 0.6) is 0 Å². The molecule has 1 aromatic carbocycles. The monoisotopic (exact) mass is 207 g/mol. The third-order valence-electron chi connectivity index (χ3n) is 2.94. The van der Waals surface area contributed by atoms with Crippen LogP contribution in [0.2, 0.25) is 0 Å². The van der Waals surface area contributed by atoms with E-state index in [0.29, 0.717) is 12.6 Å². The standard InChI is InChI=1S/C12H17NO2/c14-8-10(15)7-13-12-6-5-9-3-1-2-4-11(9)12/h1-4,10,12-15H,5-8H2. The first-order chi connectivity index (χ1) is 7.31. The molecule has 82 valence electrons. The second-order valence-electron chi connectivity index (χ2n) is 4.03. The minimum absolute atomic E-state index is 0.179. The second kappa shape index (κ2) is 4.75. The Balaban J connectivity index is 1.96. The van der Waals surface area contributed by atoms with Gasteiger partial charge in [-0.1, -0.05) is 24.3 Å². The number of fused-ring (bicyclic) bond motifs is 1. The van der Waals surface area contributed by atoms with Crippen molar-refractivity contribution in [3.05, 3.63) is 35.4 Å². The highest BCUT2D eigenvalue weighted by molar-refractivity contribution is 5.34. The lowest BCUT2D eigenvalue weighted by Gasteiger charge is -2.16. The largest absolute Gasteiger partial charge is 0.394 e. The molecule has 1 aliphatic carbocycles. The van der Waals surface area contributed by atoms with Crippen LogP contribution in [-0.2, 0) is 6.42 Å². The normalized spacial score (nSPS) is 21.3. The van der Waals surface area contributed by atoms with Crippen molar-refractivity contribution in [2.45, 2.75) is 25.0 Å². The quantitative estimate of drug-likeness (QED) is 0.678. The molecule has 0 fully saturated rings. The maximum Gasteiger partial charge on any atom is 0.0895 e. The van der Waals surface area contributed by atoms with Crippen molar-refractivity contribution in [1.29, 1.82) is 0 Å². The van der Waals surface area contributed by atoms with E-state index >= 15 is 0 Å². The third-order valence-corrected chi connectivity index (χ3v) is 2.94. The first-order valence-electron chi connectivity index (χ1n) is 5.41. The molecule has 0 aromatic heterocycles. The highest BCUT2D eigenvalue weighted by atomic mass is 16.3. The first-order valence-corrected chi connectivity index (χ1v) is 5.41. The molecule has 0 radical (unpaired) electrons. The summed E-state index contributed by atoms with van der Waals surface area (Å²) >= 11 is 0. The molecular weight excluding hydrogens is 190 g/mol. The maximum atomic E-state index is 9.25. The van der Waals surface area contributed by atoms with Crippen LogP contribution < -0.4 is 5.32 Å². The van der Waals surface area contributed by atoms with Crippen LogP contribution in [0.25, 0.3) is 0 Å². The molecular formula is C12H17NO2. The fourth-order valence-corrected chi connectivity index (χ4v) is 2.11. The minimum Gasteiger partial charge on any atom is -0.394 e. The van der Waals surface area contributed by atoms with E-state index < -0.39 is 6.10 Å². The summed E-state index contributed by atoms with van der Waals surface area (Å²) in [5, 5.41) is 21.2. The van der Waals surface area contributed by atoms with E-state index in [-0.39, 0.29) is 6.61 Å². The Morgan fingerprint density at radius 1 is 1.40 bits per heavy atom. The van der Waals surface area contributed by atoms with Crippen LogP contribution in [-0.4, -0.2) is 29.5 Å². The van der Waals surface area contributed by atoms with E-state index in [1.165, 1.54) is 11.1 Å². The summed E-state index contributed by atoms with van der Waals surface area (Å²) in [7, 11) is 0. The van der Waals surface area contributed by atoms with Gasteiger partial charge in [0.2, 0.25) is 0 Å². The predicted octanol–water partition coefficient (Wildman–Crippen LogP) is 0.617. The SMILES string of the molecule is OCC(O)CNC1CCc2ccccc21. The van der Waals surface area contributed by atoms with Gasteiger partial charge in [-0.3, -0.25) is 0 Å². The zero-order valence-electron chi connectivity index (χ0n) is 8.69. The van der Waals surface area contributed by atoms with Gasteiger partial charge in [0, 0.05) is 12.6 Å². The molecule has 1 aliphatic rings. The van der Waals surface area contributed by atoms with E-state index in [1.807, 2.05) is 6.07 Å². The summed E-state index contributed by atoms with van der Waals surface area (Å²) in [5.74, 6) is 0. The average molecular weight is 207 g/mol. The Hall–Kier alpha value is -0.900. The summed E-state index contributed by atoms with van der Waals surface area (Å²) in [6.07, 6.45) is 1.53. The Morgan fingerprint density at radius 2 is 2.20 bits per heavy atom. The molecule has 15 heavy (non-hydrogen) atoms. The zero-order chi connectivity index (χ0) is 10.7. The van der Waals surface area contributed by atoms with Crippen LogP contribution in [0.15, 0.2) is 24.3 Å². The molecule has 0 heterocycles. The number of hydrogen-bond acceptors (Lipinski definition) is 3. The van der Waals surface area contributed by atoms with Gasteiger partial charge >= 0.3 is 0 Å². The van der Waals surface area contributed by atoms with Gasteiger partial charge in [-0.25, -0.2) is 0 Å². The fraction of sp³-hybridized carbons (Fsp3) is 0.500. The van der Waals surface area contributed by atoms with Gasteiger partial charge in [-0.05, 0) is 24.0 Å². The highest BCUT2D eigenvalue weighted by Gasteiger charge is 2.21. The van der Waals surface area contributed by atoms with Crippen molar-refractivity contribution < 1.29 is 10.2 Å². The van der Waals surface area contributed by atoms with Gasteiger partial charge in [-0.2, -0.15) is 0 Å². The summed E-state index contributed by atoms with van der Waals surface area (Å²) in [6, 6.07) is 8.72. The third kappa shape index (κ3) is 2.37. The minimum atomic E-state index is -0.655. The van der Waals surface area contributed by atoms with E-state index in [2.05, 4.69) is 23.5 Å². The summed E-state index contributed by atoms with van der Waals surface area (Å²) in [4.78, 5) is 0. The number of aliphatic hydroxyl groups is 2. The van der Waals surface area contributed by atoms with Gasteiger partial charge in [0.1, 0.15) is 0 Å². The maximum absolute atomic E-state index is 9.25. The Labute approximate surface area is 89.8 Å². The van der Waals surface area contributed by atoms with Gasteiger partial charge < -0.3 is 15.5 Å². The van der Waals surface area contributed by atoms with Gasteiger partial charge in [-0.15, -0.1) is 0 Å². The van der Waals surface area contributed by atoms with Gasteiger partial charge in [0.15, 0.2) is 0 Å². The molecule has 0 amide bonds. The molecule has 2 rings (SSSR count). The molecule has 0 saturated carbocycles. The van der Waals surface area contributed by atoms with Gasteiger partial charge in [0.05, 0.1) is 12.7 Å². The van der Waals surface area contributed by atoms with Crippen LogP contribution in [0.1, 0.15) is 23.6 Å². The van der Waals surface area contributed by atoms with E-state index in [1.54, 1.807) is 0 Å². The Bertz CT molecular complexity index is 327. The van der Waals surface area contributed by atoms with Crippen LogP contribution in [0.3, 0.4) is 0 Å². The molecule has 0 saturated heterocycles. The van der Waals surface area contributed by atoms with Crippen molar-refractivity contribution in [2.75, 3.05) is 13.2 Å². The van der Waals surface area contributed by atoms with Crippen molar-refractivity contribution in [2.24, 2.45) is 0 Å². The number of benzene rings is 1. The first kappa shape index (κ1) is 10.6. The lowest BCUT2D eigenvalue weighted by atomic mass is 10.1. The number of aliphatic hydroxyl groups excluding tert-OH is 2. The van der Waals surface area contributed by atoms with Crippen molar-refractivity contribution in [3.63, 3.8) is 0 Å². The molecule has 0 aliphatic heterocycles. The summed E-state index contributed by atoms with van der Waals surface area (Å²) in [6.45, 7) is 0.275. The molecule has 2 atom stereocenters. The summed E-state index contributed by atoms with van der Waals surface area (Å²) in [5.41, 5.74) is 2.73. The molecule has 3 heteroatoms. The van der Waals surface area contributed by atoms with E-state index in [0.717, 1.165) is 12.8 Å². The molecule has 3 N–H and O–H groups in total. The van der Waals surface area contributed by atoms with Crippen LogP contribution in [0, 0.1) is 0 Å². The second-order valence-corrected chi connectivity index (χ2v) is 4.03. The number of nitrogens with one attached hydrogen (secondary N) is 1. The van der Waals surface area contributed by atoms with Crippen molar-refractivity contribution >= 4 is 0 Å². The number of hydrogen-bond donors (Lipinski definition) is 3. The average Bonchev–Trinajstić information content (AvgIpc) is 2.69. The number of rotatable bonds is 4. The van der Waals surface area contributed by atoms with Crippen molar-refractivity contribution in [1.82, 2.24) is 5.32 Å². The molecule has 2 unspecified atom stereocenters. The Morgan fingerprint density at radius 3 is 3.00 bits per heavy atom. The molecule has 1 aromatic rings. The smallest absolute Gasteiger partial charge is 0.0895 e.